The first kappa shape index (κ1) is 8.17. The zero-order valence-corrected chi connectivity index (χ0v) is 7.66. The van der Waals surface area contributed by atoms with Gasteiger partial charge in [0.25, 0.3) is 0 Å². The van der Waals surface area contributed by atoms with E-state index in [-0.39, 0.29) is 11.5 Å². The van der Waals surface area contributed by atoms with Crippen LogP contribution in [-0.4, -0.2) is 17.1 Å². The quantitative estimate of drug-likeness (QED) is 0.683. The van der Waals surface area contributed by atoms with E-state index in [2.05, 4.69) is 4.98 Å². The maximum Gasteiger partial charge on any atom is 0.213 e. The van der Waals surface area contributed by atoms with Crippen LogP contribution in [0, 0.1) is 5.95 Å². The van der Waals surface area contributed by atoms with Crippen molar-refractivity contribution in [3.63, 3.8) is 0 Å². The average molecular weight is 194 g/mol. The minimum Gasteiger partial charge on any atom is -0.485 e. The first-order valence-electron chi connectivity index (χ1n) is 4.81. The molecule has 2 heterocycles. The highest BCUT2D eigenvalue weighted by Crippen LogP contribution is 2.56. The Kier molecular flexibility index (Phi) is 1.43. The highest BCUT2D eigenvalue weighted by atomic mass is 19.1. The van der Waals surface area contributed by atoms with Crippen molar-refractivity contribution < 1.29 is 9.13 Å². The summed E-state index contributed by atoms with van der Waals surface area (Å²) in [5.74, 6) is 0.330. The molecule has 14 heavy (non-hydrogen) atoms. The van der Waals surface area contributed by atoms with Crippen molar-refractivity contribution in [1.29, 1.82) is 0 Å². The summed E-state index contributed by atoms with van der Waals surface area (Å²) in [6.45, 7) is 0.476. The molecule has 0 saturated heterocycles. The molecule has 0 radical (unpaired) electrons. The average Bonchev–Trinajstić information content (AvgIpc) is 2.83. The van der Waals surface area contributed by atoms with Crippen LogP contribution in [0.4, 0.5) is 4.39 Å². The Morgan fingerprint density at radius 2 is 2.36 bits per heavy atom. The molecule has 74 valence electrons. The van der Waals surface area contributed by atoms with Crippen molar-refractivity contribution in [2.24, 2.45) is 5.73 Å². The summed E-state index contributed by atoms with van der Waals surface area (Å²) in [6, 6.07) is 2.97. The monoisotopic (exact) mass is 194 g/mol. The fourth-order valence-electron chi connectivity index (χ4n) is 2.21. The van der Waals surface area contributed by atoms with E-state index in [4.69, 9.17) is 10.5 Å². The van der Waals surface area contributed by atoms with Gasteiger partial charge < -0.3 is 10.5 Å². The number of hydrogen-bond donors (Lipinski definition) is 1. The molecule has 1 atom stereocenters. The number of rotatable bonds is 1. The number of halogens is 1. The topological polar surface area (TPSA) is 48.1 Å². The first-order chi connectivity index (χ1) is 6.75. The van der Waals surface area contributed by atoms with Gasteiger partial charge in [-0.1, -0.05) is 0 Å². The van der Waals surface area contributed by atoms with E-state index >= 15 is 0 Å². The molecule has 1 aliphatic heterocycles. The van der Waals surface area contributed by atoms with Crippen LogP contribution >= 0.6 is 0 Å². The summed E-state index contributed by atoms with van der Waals surface area (Å²) in [5.41, 5.74) is 6.23. The van der Waals surface area contributed by atoms with Crippen LogP contribution in [0.2, 0.25) is 0 Å². The van der Waals surface area contributed by atoms with Gasteiger partial charge in [0.2, 0.25) is 5.95 Å². The predicted molar refractivity (Wildman–Crippen MR) is 48.6 cm³/mol. The third kappa shape index (κ3) is 0.917. The van der Waals surface area contributed by atoms with Gasteiger partial charge in [0.05, 0.1) is 11.6 Å². The van der Waals surface area contributed by atoms with Crippen LogP contribution in [0.15, 0.2) is 12.1 Å². The second-order valence-corrected chi connectivity index (χ2v) is 3.97. The molecule has 0 unspecified atom stereocenters. The van der Waals surface area contributed by atoms with Crippen molar-refractivity contribution in [1.82, 2.24) is 4.98 Å². The second-order valence-electron chi connectivity index (χ2n) is 3.97. The molecule has 1 spiro atoms. The molecule has 2 N–H and O–H groups in total. The standard InChI is InChI=1S/C10H11FN2O/c11-8-2-1-7-9(13-8)6(5-12)10(14-7)3-4-10/h1-2,6H,3-5,12H2/t6-/m1/s1. The van der Waals surface area contributed by atoms with Gasteiger partial charge in [-0.25, -0.2) is 4.98 Å². The van der Waals surface area contributed by atoms with E-state index in [0.29, 0.717) is 18.0 Å². The molecule has 3 rings (SSSR count). The summed E-state index contributed by atoms with van der Waals surface area (Å²) in [5, 5.41) is 0. The molecule has 4 heteroatoms. The third-order valence-electron chi connectivity index (χ3n) is 3.11. The Morgan fingerprint density at radius 3 is 3.00 bits per heavy atom. The Hall–Kier alpha value is -1.16. The van der Waals surface area contributed by atoms with Crippen molar-refractivity contribution in [3.05, 3.63) is 23.8 Å². The lowest BCUT2D eigenvalue weighted by Crippen LogP contribution is -2.27. The van der Waals surface area contributed by atoms with E-state index in [0.717, 1.165) is 12.8 Å². The molecule has 1 saturated carbocycles. The van der Waals surface area contributed by atoms with E-state index in [1.165, 1.54) is 6.07 Å². The smallest absolute Gasteiger partial charge is 0.213 e. The molecular weight excluding hydrogens is 183 g/mol. The summed E-state index contributed by atoms with van der Waals surface area (Å²) < 4.78 is 18.7. The molecule has 1 aromatic rings. The molecule has 0 amide bonds. The first-order valence-corrected chi connectivity index (χ1v) is 4.81. The van der Waals surface area contributed by atoms with Crippen LogP contribution in [0.3, 0.4) is 0 Å². The van der Waals surface area contributed by atoms with Gasteiger partial charge in [0.1, 0.15) is 11.4 Å². The minimum atomic E-state index is -0.455. The summed E-state index contributed by atoms with van der Waals surface area (Å²) in [4.78, 5) is 3.87. The SMILES string of the molecule is NC[C@@H]1c2nc(F)ccc2OC12CC2. The number of nitrogens with zero attached hydrogens (tertiary/aromatic N) is 1. The Bertz CT molecular complexity index is 390. The van der Waals surface area contributed by atoms with Gasteiger partial charge in [-0.05, 0) is 25.0 Å². The molecule has 1 fully saturated rings. The largest absolute Gasteiger partial charge is 0.485 e. The van der Waals surface area contributed by atoms with Gasteiger partial charge >= 0.3 is 0 Å². The van der Waals surface area contributed by atoms with Gasteiger partial charge in [-0.3, -0.25) is 0 Å². The second kappa shape index (κ2) is 2.45. The van der Waals surface area contributed by atoms with Crippen molar-refractivity contribution in [3.8, 4) is 5.75 Å². The number of hydrogen-bond acceptors (Lipinski definition) is 3. The highest BCUT2D eigenvalue weighted by Gasteiger charge is 2.57. The Balaban J connectivity index is 2.09. The summed E-state index contributed by atoms with van der Waals surface area (Å²) >= 11 is 0. The minimum absolute atomic E-state index is 0.0770. The number of pyridine rings is 1. The normalized spacial score (nSPS) is 26.0. The van der Waals surface area contributed by atoms with Gasteiger partial charge in [-0.15, -0.1) is 0 Å². The lowest BCUT2D eigenvalue weighted by Gasteiger charge is -2.14. The zero-order chi connectivity index (χ0) is 9.76. The number of nitrogens with two attached hydrogens (primary N) is 1. The van der Waals surface area contributed by atoms with Gasteiger partial charge in [0, 0.05) is 6.54 Å². The van der Waals surface area contributed by atoms with Crippen LogP contribution in [0.25, 0.3) is 0 Å². The van der Waals surface area contributed by atoms with Crippen molar-refractivity contribution in [2.45, 2.75) is 24.4 Å². The van der Waals surface area contributed by atoms with E-state index < -0.39 is 5.95 Å². The maximum atomic E-state index is 12.9. The fourth-order valence-corrected chi connectivity index (χ4v) is 2.21. The summed E-state index contributed by atoms with van der Waals surface area (Å²) in [6.07, 6.45) is 2.01. The fraction of sp³-hybridized carbons (Fsp3) is 0.500. The van der Waals surface area contributed by atoms with Crippen LogP contribution in [-0.2, 0) is 0 Å². The molecule has 3 nitrogen and oxygen atoms in total. The molecule has 1 aromatic heterocycles. The van der Waals surface area contributed by atoms with E-state index in [1.54, 1.807) is 6.07 Å². The van der Waals surface area contributed by atoms with Gasteiger partial charge in [-0.2, -0.15) is 4.39 Å². The Morgan fingerprint density at radius 1 is 1.57 bits per heavy atom. The molecular formula is C10H11FN2O. The molecule has 2 aliphatic rings. The van der Waals surface area contributed by atoms with Crippen LogP contribution in [0.1, 0.15) is 24.5 Å². The number of fused-ring (bicyclic) bond motifs is 1. The lowest BCUT2D eigenvalue weighted by molar-refractivity contribution is 0.184. The Labute approximate surface area is 81.1 Å². The molecule has 0 aromatic carbocycles. The highest BCUT2D eigenvalue weighted by molar-refractivity contribution is 5.41. The van der Waals surface area contributed by atoms with Gasteiger partial charge in [0.15, 0.2) is 0 Å². The van der Waals surface area contributed by atoms with Crippen molar-refractivity contribution >= 4 is 0 Å². The number of ether oxygens (including phenoxy) is 1. The van der Waals surface area contributed by atoms with Crippen molar-refractivity contribution in [2.75, 3.05) is 6.54 Å². The summed E-state index contributed by atoms with van der Waals surface area (Å²) in [7, 11) is 0. The zero-order valence-electron chi connectivity index (χ0n) is 7.66. The third-order valence-corrected chi connectivity index (χ3v) is 3.11. The van der Waals surface area contributed by atoms with E-state index in [9.17, 15) is 4.39 Å². The number of aromatic nitrogens is 1. The van der Waals surface area contributed by atoms with Crippen LogP contribution < -0.4 is 10.5 Å². The lowest BCUT2D eigenvalue weighted by atomic mass is 9.98. The molecule has 1 aliphatic carbocycles. The maximum absolute atomic E-state index is 12.9. The predicted octanol–water partition coefficient (Wildman–Crippen LogP) is 1.19. The van der Waals surface area contributed by atoms with Crippen LogP contribution in [0.5, 0.6) is 5.75 Å². The molecule has 0 bridgehead atoms. The van der Waals surface area contributed by atoms with E-state index in [1.807, 2.05) is 0 Å².